The van der Waals surface area contributed by atoms with Gasteiger partial charge in [0.05, 0.1) is 11.4 Å². The number of piperidine rings is 1. The summed E-state index contributed by atoms with van der Waals surface area (Å²) < 4.78 is 0. The van der Waals surface area contributed by atoms with Crippen molar-refractivity contribution in [3.05, 3.63) is 53.5 Å². The van der Waals surface area contributed by atoms with E-state index in [-0.39, 0.29) is 6.04 Å². The summed E-state index contributed by atoms with van der Waals surface area (Å²) in [5.41, 5.74) is 5.21. The lowest BCUT2D eigenvalue weighted by atomic mass is 9.82. The zero-order valence-corrected chi connectivity index (χ0v) is 16.9. The smallest absolute Gasteiger partial charge is 0.143 e. The summed E-state index contributed by atoms with van der Waals surface area (Å²) in [4.78, 5) is 15.4. The topological polar surface area (TPSA) is 56.8 Å². The van der Waals surface area contributed by atoms with Crippen LogP contribution in [0.3, 0.4) is 0 Å². The summed E-state index contributed by atoms with van der Waals surface area (Å²) in [6.45, 7) is 2.44. The molecule has 6 rings (SSSR count). The number of aryl methyl sites for hydroxylation is 1. The highest BCUT2D eigenvalue weighted by atomic mass is 15.2. The Labute approximate surface area is 171 Å². The van der Waals surface area contributed by atoms with E-state index in [2.05, 4.69) is 55.5 Å². The maximum atomic E-state index is 4.69. The van der Waals surface area contributed by atoms with Gasteiger partial charge in [0.25, 0.3) is 0 Å². The van der Waals surface area contributed by atoms with Gasteiger partial charge in [0.2, 0.25) is 0 Å². The summed E-state index contributed by atoms with van der Waals surface area (Å²) in [5, 5.41) is 5.02. The predicted molar refractivity (Wildman–Crippen MR) is 116 cm³/mol. The number of nitrogens with one attached hydrogen (secondary N) is 2. The van der Waals surface area contributed by atoms with Gasteiger partial charge in [-0.1, -0.05) is 30.7 Å². The van der Waals surface area contributed by atoms with Crippen LogP contribution >= 0.6 is 0 Å². The summed E-state index contributed by atoms with van der Waals surface area (Å²) in [6, 6.07) is 12.0. The molecule has 2 atom stereocenters. The number of nitrogens with zero attached hydrogens (tertiary/aromatic N) is 3. The van der Waals surface area contributed by atoms with Gasteiger partial charge in [0.15, 0.2) is 0 Å². The van der Waals surface area contributed by atoms with Crippen LogP contribution in [0.2, 0.25) is 0 Å². The van der Waals surface area contributed by atoms with Crippen molar-refractivity contribution >= 4 is 16.9 Å². The second kappa shape index (κ2) is 7.13. The molecule has 2 N–H and O–H groups in total. The van der Waals surface area contributed by atoms with Gasteiger partial charge in [-0.2, -0.15) is 0 Å². The standard InChI is InChI=1S/C24H29N5/c1-4-12-29(13-5-1)21-11-10-16-6-2-3-7-18(16)22(21)28-24-19-14-20(17-8-9-17)27-23(19)25-15-26-24/h2-3,6-7,14-15,17,21-22H,1,4-5,8-13H2,(H2,25,26,27,28). The Morgan fingerprint density at radius 1 is 1.00 bits per heavy atom. The van der Waals surface area contributed by atoms with Crippen LogP contribution in [0, 0.1) is 0 Å². The average Bonchev–Trinajstić information content (AvgIpc) is 3.53. The molecule has 0 spiro atoms. The molecule has 150 valence electrons. The van der Waals surface area contributed by atoms with Crippen molar-refractivity contribution in [3.63, 3.8) is 0 Å². The van der Waals surface area contributed by atoms with Crippen LogP contribution in [-0.2, 0) is 6.42 Å². The van der Waals surface area contributed by atoms with Gasteiger partial charge in [-0.15, -0.1) is 0 Å². The Morgan fingerprint density at radius 2 is 1.86 bits per heavy atom. The van der Waals surface area contributed by atoms with Gasteiger partial charge < -0.3 is 10.3 Å². The number of H-pyrrole nitrogens is 1. The minimum absolute atomic E-state index is 0.274. The quantitative estimate of drug-likeness (QED) is 0.676. The lowest BCUT2D eigenvalue weighted by molar-refractivity contribution is 0.134. The number of aromatic nitrogens is 3. The van der Waals surface area contributed by atoms with E-state index in [0.29, 0.717) is 12.0 Å². The first-order chi connectivity index (χ1) is 14.4. The number of benzene rings is 1. The van der Waals surface area contributed by atoms with Crippen molar-refractivity contribution in [1.82, 2.24) is 19.9 Å². The van der Waals surface area contributed by atoms with Crippen LogP contribution < -0.4 is 5.32 Å². The third-order valence-corrected chi connectivity index (χ3v) is 7.10. The number of rotatable bonds is 4. The zero-order valence-electron chi connectivity index (χ0n) is 16.9. The Kier molecular flexibility index (Phi) is 4.29. The second-order valence-electron chi connectivity index (χ2n) is 9.01. The Balaban J connectivity index is 1.38. The third kappa shape index (κ3) is 3.21. The van der Waals surface area contributed by atoms with E-state index in [1.165, 1.54) is 74.9 Å². The highest BCUT2D eigenvalue weighted by Crippen LogP contribution is 2.42. The zero-order chi connectivity index (χ0) is 19.2. The minimum atomic E-state index is 0.274. The van der Waals surface area contributed by atoms with Crippen molar-refractivity contribution in [2.75, 3.05) is 18.4 Å². The van der Waals surface area contributed by atoms with Gasteiger partial charge >= 0.3 is 0 Å². The number of likely N-dealkylation sites (tertiary alicyclic amines) is 1. The van der Waals surface area contributed by atoms with E-state index >= 15 is 0 Å². The second-order valence-corrected chi connectivity index (χ2v) is 9.01. The van der Waals surface area contributed by atoms with Gasteiger partial charge in [-0.25, -0.2) is 9.97 Å². The van der Waals surface area contributed by atoms with E-state index in [9.17, 15) is 0 Å². The first-order valence-electron chi connectivity index (χ1n) is 11.3. The molecule has 3 heterocycles. The van der Waals surface area contributed by atoms with Crippen molar-refractivity contribution in [1.29, 1.82) is 0 Å². The Morgan fingerprint density at radius 3 is 2.72 bits per heavy atom. The maximum absolute atomic E-state index is 4.69. The fourth-order valence-electron chi connectivity index (χ4n) is 5.40. The Hall–Kier alpha value is -2.40. The molecule has 0 amide bonds. The molecule has 0 radical (unpaired) electrons. The van der Waals surface area contributed by atoms with Gasteiger partial charge in [-0.3, -0.25) is 4.90 Å². The van der Waals surface area contributed by atoms with Crippen LogP contribution in [0.5, 0.6) is 0 Å². The molecular formula is C24H29N5. The molecule has 2 fully saturated rings. The normalized spacial score (nSPS) is 25.1. The molecule has 29 heavy (non-hydrogen) atoms. The largest absolute Gasteiger partial charge is 0.361 e. The average molecular weight is 388 g/mol. The van der Waals surface area contributed by atoms with E-state index in [1.54, 1.807) is 6.33 Å². The molecular weight excluding hydrogens is 358 g/mol. The number of aromatic amines is 1. The number of anilines is 1. The predicted octanol–water partition coefficient (Wildman–Crippen LogP) is 4.79. The highest BCUT2D eigenvalue weighted by Gasteiger charge is 2.35. The van der Waals surface area contributed by atoms with Crippen LogP contribution in [0.25, 0.3) is 11.0 Å². The summed E-state index contributed by atoms with van der Waals surface area (Å²) in [7, 11) is 0. The van der Waals surface area contributed by atoms with Crippen LogP contribution in [-0.4, -0.2) is 39.0 Å². The van der Waals surface area contributed by atoms with E-state index in [4.69, 9.17) is 0 Å². The molecule has 0 bridgehead atoms. The van der Waals surface area contributed by atoms with Crippen molar-refractivity contribution < 1.29 is 0 Å². The van der Waals surface area contributed by atoms with Crippen molar-refractivity contribution in [3.8, 4) is 0 Å². The molecule has 2 aliphatic carbocycles. The fraction of sp³-hybridized carbons (Fsp3) is 0.500. The van der Waals surface area contributed by atoms with Crippen LogP contribution in [0.1, 0.15) is 67.3 Å². The number of hydrogen-bond acceptors (Lipinski definition) is 4. The lowest BCUT2D eigenvalue weighted by Gasteiger charge is -2.43. The SMILES string of the molecule is c1ccc2c(c1)CCC(N1CCCCC1)C2Nc1ncnc2[nH]c(C3CC3)cc12. The molecule has 1 aromatic carbocycles. The van der Waals surface area contributed by atoms with Crippen molar-refractivity contribution in [2.24, 2.45) is 0 Å². The molecule has 5 heteroatoms. The number of fused-ring (bicyclic) bond motifs is 2. The van der Waals surface area contributed by atoms with E-state index in [0.717, 1.165) is 16.9 Å². The molecule has 2 unspecified atom stereocenters. The molecule has 2 aromatic heterocycles. The summed E-state index contributed by atoms with van der Waals surface area (Å²) in [6.07, 6.45) is 10.7. The van der Waals surface area contributed by atoms with E-state index in [1.807, 2.05) is 0 Å². The first kappa shape index (κ1) is 17.5. The van der Waals surface area contributed by atoms with Gasteiger partial charge in [0, 0.05) is 11.7 Å². The molecule has 3 aliphatic rings. The molecule has 1 saturated carbocycles. The monoisotopic (exact) mass is 387 g/mol. The molecule has 1 aliphatic heterocycles. The molecule has 3 aromatic rings. The van der Waals surface area contributed by atoms with Gasteiger partial charge in [-0.05, 0) is 74.7 Å². The maximum Gasteiger partial charge on any atom is 0.143 e. The highest BCUT2D eigenvalue weighted by molar-refractivity contribution is 5.88. The van der Waals surface area contributed by atoms with Crippen LogP contribution in [0.4, 0.5) is 5.82 Å². The fourth-order valence-corrected chi connectivity index (χ4v) is 5.40. The molecule has 5 nitrogen and oxygen atoms in total. The van der Waals surface area contributed by atoms with E-state index < -0.39 is 0 Å². The van der Waals surface area contributed by atoms with Gasteiger partial charge in [0.1, 0.15) is 17.8 Å². The number of hydrogen-bond donors (Lipinski definition) is 2. The lowest BCUT2D eigenvalue weighted by Crippen LogP contribution is -2.47. The summed E-state index contributed by atoms with van der Waals surface area (Å²) in [5.74, 6) is 1.66. The first-order valence-corrected chi connectivity index (χ1v) is 11.3. The molecule has 1 saturated heterocycles. The van der Waals surface area contributed by atoms with Crippen molar-refractivity contribution in [2.45, 2.75) is 62.9 Å². The summed E-state index contributed by atoms with van der Waals surface area (Å²) >= 11 is 0. The Bertz CT molecular complexity index is 1020. The third-order valence-electron chi connectivity index (χ3n) is 7.10. The minimum Gasteiger partial charge on any atom is -0.361 e. The van der Waals surface area contributed by atoms with Crippen LogP contribution in [0.15, 0.2) is 36.7 Å².